The number of hydrogen-bond acceptors (Lipinski definition) is 5. The predicted octanol–water partition coefficient (Wildman–Crippen LogP) is 2.44. The topological polar surface area (TPSA) is 72.1 Å². The summed E-state index contributed by atoms with van der Waals surface area (Å²) in [5.41, 5.74) is 8.17. The second kappa shape index (κ2) is 5.44. The Hall–Kier alpha value is -1.95. The fourth-order valence-electron chi connectivity index (χ4n) is 2.47. The number of nitrogens with two attached hydrogens (primary N) is 1. The summed E-state index contributed by atoms with van der Waals surface area (Å²) in [7, 11) is 0. The first-order valence-electron chi connectivity index (χ1n) is 7.03. The monoisotopic (exact) mass is 302 g/mol. The van der Waals surface area contributed by atoms with Gasteiger partial charge in [-0.1, -0.05) is 13.8 Å². The van der Waals surface area contributed by atoms with Crippen LogP contribution in [0.4, 0.5) is 5.95 Å². The summed E-state index contributed by atoms with van der Waals surface area (Å²) in [6.45, 7) is 5.43. The summed E-state index contributed by atoms with van der Waals surface area (Å²) in [5, 5.41) is 2.08. The Kier molecular flexibility index (Phi) is 3.63. The van der Waals surface area contributed by atoms with Gasteiger partial charge in [-0.3, -0.25) is 4.79 Å². The summed E-state index contributed by atoms with van der Waals surface area (Å²) >= 11 is 1.76. The van der Waals surface area contributed by atoms with E-state index in [0.29, 0.717) is 12.2 Å². The Labute approximate surface area is 127 Å². The normalized spacial score (nSPS) is 14.3. The van der Waals surface area contributed by atoms with Crippen molar-refractivity contribution in [3.05, 3.63) is 39.3 Å². The molecule has 0 unspecified atom stereocenters. The Morgan fingerprint density at radius 1 is 1.43 bits per heavy atom. The van der Waals surface area contributed by atoms with Crippen molar-refractivity contribution in [2.45, 2.75) is 32.7 Å². The van der Waals surface area contributed by atoms with Crippen LogP contribution >= 0.6 is 11.3 Å². The molecule has 2 aromatic rings. The molecule has 0 saturated carbocycles. The fraction of sp³-hybridized carbons (Fsp3) is 0.400. The molecule has 1 aliphatic rings. The van der Waals surface area contributed by atoms with Crippen LogP contribution in [0.2, 0.25) is 0 Å². The molecule has 1 amide bonds. The summed E-state index contributed by atoms with van der Waals surface area (Å²) in [6.07, 6.45) is 0.913. The molecule has 1 aliphatic heterocycles. The van der Waals surface area contributed by atoms with Crippen molar-refractivity contribution in [2.75, 3.05) is 12.3 Å². The number of amides is 1. The van der Waals surface area contributed by atoms with Gasteiger partial charge >= 0.3 is 0 Å². The van der Waals surface area contributed by atoms with E-state index < -0.39 is 0 Å². The highest BCUT2D eigenvalue weighted by Gasteiger charge is 2.24. The number of thiophene rings is 1. The molecule has 0 aliphatic carbocycles. The van der Waals surface area contributed by atoms with Gasteiger partial charge < -0.3 is 10.6 Å². The molecule has 2 aromatic heterocycles. The molecule has 3 rings (SSSR count). The number of hydrogen-bond donors (Lipinski definition) is 1. The average molecular weight is 302 g/mol. The van der Waals surface area contributed by atoms with Gasteiger partial charge in [-0.15, -0.1) is 11.3 Å². The van der Waals surface area contributed by atoms with Gasteiger partial charge in [-0.2, -0.15) is 0 Å². The van der Waals surface area contributed by atoms with Gasteiger partial charge in [0.25, 0.3) is 5.91 Å². The maximum Gasteiger partial charge on any atom is 0.272 e. The quantitative estimate of drug-likeness (QED) is 0.925. The molecule has 5 nitrogen and oxygen atoms in total. The maximum atomic E-state index is 12.6. The fourth-order valence-corrected chi connectivity index (χ4v) is 3.36. The van der Waals surface area contributed by atoms with E-state index in [2.05, 4.69) is 21.4 Å². The van der Waals surface area contributed by atoms with Gasteiger partial charge in [-0.25, -0.2) is 9.97 Å². The number of fused-ring (bicyclic) bond motifs is 1. The van der Waals surface area contributed by atoms with E-state index in [1.54, 1.807) is 17.4 Å². The third kappa shape index (κ3) is 2.76. The molecule has 21 heavy (non-hydrogen) atoms. The first-order chi connectivity index (χ1) is 10.0. The molecule has 0 aromatic carbocycles. The average Bonchev–Trinajstić information content (AvgIpc) is 2.93. The van der Waals surface area contributed by atoms with Crippen LogP contribution in [0.25, 0.3) is 0 Å². The molecule has 110 valence electrons. The summed E-state index contributed by atoms with van der Waals surface area (Å²) in [6, 6.07) is 3.85. The Balaban J connectivity index is 1.86. The van der Waals surface area contributed by atoms with E-state index in [9.17, 15) is 4.79 Å². The zero-order valence-electron chi connectivity index (χ0n) is 12.2. The number of rotatable bonds is 2. The summed E-state index contributed by atoms with van der Waals surface area (Å²) in [5.74, 6) is 0.312. The second-order valence-electron chi connectivity index (χ2n) is 5.54. The minimum atomic E-state index is -0.0668. The van der Waals surface area contributed by atoms with Crippen LogP contribution in [0.3, 0.4) is 0 Å². The molecule has 0 saturated heterocycles. The zero-order chi connectivity index (χ0) is 15.0. The molecular formula is C15H18N4OS. The number of nitrogen functional groups attached to an aromatic ring is 1. The van der Waals surface area contributed by atoms with Crippen LogP contribution in [-0.2, 0) is 13.0 Å². The van der Waals surface area contributed by atoms with Crippen molar-refractivity contribution in [3.63, 3.8) is 0 Å². The smallest absolute Gasteiger partial charge is 0.272 e. The maximum absolute atomic E-state index is 12.6. The predicted molar refractivity (Wildman–Crippen MR) is 83.3 cm³/mol. The third-order valence-electron chi connectivity index (χ3n) is 3.67. The van der Waals surface area contributed by atoms with Crippen LogP contribution in [0.5, 0.6) is 0 Å². The molecule has 0 radical (unpaired) electrons. The first-order valence-corrected chi connectivity index (χ1v) is 7.91. The lowest BCUT2D eigenvalue weighted by molar-refractivity contribution is 0.0729. The summed E-state index contributed by atoms with van der Waals surface area (Å²) in [4.78, 5) is 24.2. The third-order valence-corrected chi connectivity index (χ3v) is 4.69. The largest absolute Gasteiger partial charge is 0.368 e. The minimum absolute atomic E-state index is 0.0668. The molecule has 0 fully saturated rings. The van der Waals surface area contributed by atoms with E-state index in [1.807, 2.05) is 18.7 Å². The van der Waals surface area contributed by atoms with Crippen molar-refractivity contribution >= 4 is 23.2 Å². The van der Waals surface area contributed by atoms with Gasteiger partial charge in [-0.05, 0) is 35.4 Å². The lowest BCUT2D eigenvalue weighted by Gasteiger charge is -2.26. The van der Waals surface area contributed by atoms with Crippen LogP contribution in [-0.4, -0.2) is 27.3 Å². The van der Waals surface area contributed by atoms with Crippen molar-refractivity contribution in [2.24, 2.45) is 0 Å². The molecule has 0 atom stereocenters. The molecular weight excluding hydrogens is 284 g/mol. The van der Waals surface area contributed by atoms with Gasteiger partial charge in [0.1, 0.15) is 5.69 Å². The zero-order valence-corrected chi connectivity index (χ0v) is 13.0. The number of carbonyl (C=O) groups excluding carboxylic acids is 1. The highest BCUT2D eigenvalue weighted by molar-refractivity contribution is 7.10. The number of anilines is 1. The number of nitrogens with zero attached hydrogens (tertiary/aromatic N) is 3. The van der Waals surface area contributed by atoms with Crippen molar-refractivity contribution < 1.29 is 4.79 Å². The van der Waals surface area contributed by atoms with E-state index in [1.165, 1.54) is 10.4 Å². The highest BCUT2D eigenvalue weighted by atomic mass is 32.1. The van der Waals surface area contributed by atoms with Crippen LogP contribution in [0.1, 0.15) is 46.4 Å². The SMILES string of the molecule is CC(C)c1cc(C(=O)N2CCc3sccc3C2)nc(N)n1. The molecule has 0 bridgehead atoms. The number of carbonyl (C=O) groups is 1. The van der Waals surface area contributed by atoms with Crippen molar-refractivity contribution in [1.29, 1.82) is 0 Å². The Bertz CT molecular complexity index is 680. The first kappa shape index (κ1) is 14.0. The van der Waals surface area contributed by atoms with E-state index in [0.717, 1.165) is 18.7 Å². The molecule has 2 N–H and O–H groups in total. The van der Waals surface area contributed by atoms with Gasteiger partial charge in [0.2, 0.25) is 5.95 Å². The minimum Gasteiger partial charge on any atom is -0.368 e. The Morgan fingerprint density at radius 3 is 3.00 bits per heavy atom. The lowest BCUT2D eigenvalue weighted by atomic mass is 10.1. The van der Waals surface area contributed by atoms with Gasteiger partial charge in [0, 0.05) is 23.7 Å². The van der Waals surface area contributed by atoms with Crippen LogP contribution in [0.15, 0.2) is 17.5 Å². The standard InChI is InChI=1S/C15H18N4OS/c1-9(2)11-7-12(18-15(16)17-11)14(20)19-5-3-13-10(8-19)4-6-21-13/h4,6-7,9H,3,5,8H2,1-2H3,(H2,16,17,18). The molecule has 3 heterocycles. The van der Waals surface area contributed by atoms with Crippen molar-refractivity contribution in [3.8, 4) is 0 Å². The number of aromatic nitrogens is 2. The van der Waals surface area contributed by atoms with Gasteiger partial charge in [0.05, 0.1) is 0 Å². The summed E-state index contributed by atoms with van der Waals surface area (Å²) < 4.78 is 0. The highest BCUT2D eigenvalue weighted by Crippen LogP contribution is 2.25. The van der Waals surface area contributed by atoms with Crippen molar-refractivity contribution in [1.82, 2.24) is 14.9 Å². The van der Waals surface area contributed by atoms with E-state index >= 15 is 0 Å². The second-order valence-corrected chi connectivity index (χ2v) is 6.54. The lowest BCUT2D eigenvalue weighted by Crippen LogP contribution is -2.36. The Morgan fingerprint density at radius 2 is 2.24 bits per heavy atom. The van der Waals surface area contributed by atoms with Crippen LogP contribution in [0, 0.1) is 0 Å². The molecule has 0 spiro atoms. The van der Waals surface area contributed by atoms with E-state index in [4.69, 9.17) is 5.73 Å². The molecule has 6 heteroatoms. The van der Waals surface area contributed by atoms with E-state index in [-0.39, 0.29) is 17.8 Å². The van der Waals surface area contributed by atoms with Crippen LogP contribution < -0.4 is 5.73 Å². The van der Waals surface area contributed by atoms with Gasteiger partial charge in [0.15, 0.2) is 0 Å².